The van der Waals surface area contributed by atoms with Gasteiger partial charge in [0.05, 0.1) is 0 Å². The van der Waals surface area contributed by atoms with Crippen molar-refractivity contribution < 1.29 is 4.74 Å². The molecule has 0 spiro atoms. The highest BCUT2D eigenvalue weighted by molar-refractivity contribution is 7.26. The van der Waals surface area contributed by atoms with Gasteiger partial charge in [0.1, 0.15) is 11.5 Å². The molecule has 2 heterocycles. The Morgan fingerprint density at radius 2 is 1.24 bits per heavy atom. The summed E-state index contributed by atoms with van der Waals surface area (Å²) in [6.07, 6.45) is 0. The molecule has 5 aromatic carbocycles. The van der Waals surface area contributed by atoms with Crippen molar-refractivity contribution in [1.82, 2.24) is 0 Å². The molecule has 3 heteroatoms. The fraction of sp³-hybridized carbons (Fsp3) is 0. The van der Waals surface area contributed by atoms with Crippen molar-refractivity contribution in [1.29, 1.82) is 0 Å². The first-order chi connectivity index (χ1) is 16.4. The van der Waals surface area contributed by atoms with E-state index in [0.29, 0.717) is 0 Å². The number of para-hydroxylation sites is 2. The van der Waals surface area contributed by atoms with Gasteiger partial charge in [-0.1, -0.05) is 103 Å². The Labute approximate surface area is 197 Å². The van der Waals surface area contributed by atoms with E-state index < -0.39 is 0 Å². The van der Waals surface area contributed by atoms with E-state index in [1.165, 1.54) is 47.7 Å². The molecule has 1 aliphatic rings. The Kier molecular flexibility index (Phi) is 4.18. The molecule has 0 N–H and O–H groups in total. The van der Waals surface area contributed by atoms with Crippen molar-refractivity contribution in [3.63, 3.8) is 0 Å². The SMILES string of the molecule is c1cc(B2c3ccccc3Oc3ccccc32)cc(-c2cccc3c2sc2ccccc23)c1. The summed E-state index contributed by atoms with van der Waals surface area (Å²) in [4.78, 5) is 0. The molecule has 0 saturated carbocycles. The lowest BCUT2D eigenvalue weighted by atomic mass is 9.36. The second-order valence-electron chi connectivity index (χ2n) is 8.52. The molecule has 0 saturated heterocycles. The van der Waals surface area contributed by atoms with Crippen LogP contribution in [0.2, 0.25) is 0 Å². The van der Waals surface area contributed by atoms with Crippen molar-refractivity contribution >= 4 is 54.6 Å². The van der Waals surface area contributed by atoms with Gasteiger partial charge >= 0.3 is 0 Å². The number of ether oxygens (including phenoxy) is 1. The molecule has 0 amide bonds. The van der Waals surface area contributed by atoms with Crippen LogP contribution in [0.5, 0.6) is 11.5 Å². The van der Waals surface area contributed by atoms with Crippen LogP contribution < -0.4 is 21.1 Å². The molecule has 33 heavy (non-hydrogen) atoms. The van der Waals surface area contributed by atoms with Gasteiger partial charge < -0.3 is 4.74 Å². The molecule has 7 rings (SSSR count). The highest BCUT2D eigenvalue weighted by atomic mass is 32.1. The summed E-state index contributed by atoms with van der Waals surface area (Å²) in [5, 5.41) is 2.67. The van der Waals surface area contributed by atoms with Gasteiger partial charge in [-0.05, 0) is 40.3 Å². The minimum Gasteiger partial charge on any atom is -0.458 e. The number of fused-ring (bicyclic) bond motifs is 5. The molecule has 154 valence electrons. The Morgan fingerprint density at radius 3 is 2.06 bits per heavy atom. The van der Waals surface area contributed by atoms with Gasteiger partial charge in [0.15, 0.2) is 0 Å². The first kappa shape index (κ1) is 18.7. The standard InChI is InChI=1S/C30H19BOS/c1-6-18-29-23(11-1)24-13-8-12-22(30(24)33-29)20-9-7-10-21(19-20)31-25-14-2-4-16-27(25)32-28-17-5-3-15-26(28)31/h1-19H. The minimum atomic E-state index is 0.146. The van der Waals surface area contributed by atoms with E-state index >= 15 is 0 Å². The first-order valence-electron chi connectivity index (χ1n) is 11.2. The minimum absolute atomic E-state index is 0.146. The topological polar surface area (TPSA) is 9.23 Å². The Balaban J connectivity index is 1.43. The Morgan fingerprint density at radius 1 is 0.576 bits per heavy atom. The Hall–Kier alpha value is -3.82. The quantitative estimate of drug-likeness (QED) is 0.286. The van der Waals surface area contributed by atoms with Crippen molar-refractivity contribution in [3.05, 3.63) is 115 Å². The van der Waals surface area contributed by atoms with E-state index in [0.717, 1.165) is 11.5 Å². The monoisotopic (exact) mass is 438 g/mol. The second-order valence-corrected chi connectivity index (χ2v) is 9.57. The molecule has 6 aromatic rings. The summed E-state index contributed by atoms with van der Waals surface area (Å²) in [6.45, 7) is 0.146. The molecule has 1 aromatic heterocycles. The van der Waals surface area contributed by atoms with Crippen molar-refractivity contribution in [2.24, 2.45) is 0 Å². The second kappa shape index (κ2) is 7.36. The van der Waals surface area contributed by atoms with Crippen molar-refractivity contribution in [2.45, 2.75) is 0 Å². The highest BCUT2D eigenvalue weighted by Gasteiger charge is 2.31. The van der Waals surface area contributed by atoms with E-state index in [1.807, 2.05) is 23.5 Å². The molecule has 0 aliphatic carbocycles. The van der Waals surface area contributed by atoms with Crippen LogP contribution in [0, 0.1) is 0 Å². The molecule has 0 unspecified atom stereocenters. The summed E-state index contributed by atoms with van der Waals surface area (Å²) in [5.41, 5.74) is 6.27. The van der Waals surface area contributed by atoms with E-state index in [1.54, 1.807) is 0 Å². The van der Waals surface area contributed by atoms with E-state index in [-0.39, 0.29) is 6.71 Å². The van der Waals surface area contributed by atoms with Crippen LogP contribution in [0.15, 0.2) is 115 Å². The van der Waals surface area contributed by atoms with Crippen LogP contribution in [0.25, 0.3) is 31.3 Å². The zero-order valence-corrected chi connectivity index (χ0v) is 18.7. The Bertz CT molecular complexity index is 1620. The fourth-order valence-corrected chi connectivity index (χ4v) is 6.37. The smallest absolute Gasteiger partial charge is 0.250 e. The van der Waals surface area contributed by atoms with Gasteiger partial charge in [-0.2, -0.15) is 0 Å². The predicted octanol–water partition coefficient (Wildman–Crippen LogP) is 6.34. The molecule has 1 nitrogen and oxygen atoms in total. The zero-order chi connectivity index (χ0) is 21.8. The fourth-order valence-electron chi connectivity index (χ4n) is 5.13. The number of hydrogen-bond acceptors (Lipinski definition) is 2. The van der Waals surface area contributed by atoms with Crippen LogP contribution in [0.4, 0.5) is 0 Å². The molecule has 0 radical (unpaired) electrons. The van der Waals surface area contributed by atoms with Gasteiger partial charge in [0.2, 0.25) is 0 Å². The normalized spacial score (nSPS) is 12.4. The van der Waals surface area contributed by atoms with Gasteiger partial charge in [-0.3, -0.25) is 0 Å². The number of rotatable bonds is 2. The summed E-state index contributed by atoms with van der Waals surface area (Å²) in [6, 6.07) is 41.2. The van der Waals surface area contributed by atoms with E-state index in [9.17, 15) is 0 Å². The van der Waals surface area contributed by atoms with E-state index in [2.05, 4.69) is 103 Å². The third kappa shape index (κ3) is 2.93. The average molecular weight is 438 g/mol. The van der Waals surface area contributed by atoms with Crippen molar-refractivity contribution in [3.8, 4) is 22.6 Å². The molecular weight excluding hydrogens is 419 g/mol. The first-order valence-corrected chi connectivity index (χ1v) is 12.0. The predicted molar refractivity (Wildman–Crippen MR) is 142 cm³/mol. The lowest BCUT2D eigenvalue weighted by Crippen LogP contribution is -2.54. The maximum absolute atomic E-state index is 6.24. The summed E-state index contributed by atoms with van der Waals surface area (Å²) < 4.78 is 8.92. The van der Waals surface area contributed by atoms with Crippen LogP contribution in [-0.2, 0) is 0 Å². The van der Waals surface area contributed by atoms with Crippen LogP contribution in [0.1, 0.15) is 0 Å². The lowest BCUT2D eigenvalue weighted by molar-refractivity contribution is 0.487. The van der Waals surface area contributed by atoms with Crippen LogP contribution in [-0.4, -0.2) is 6.71 Å². The van der Waals surface area contributed by atoms with Gasteiger partial charge in [-0.25, -0.2) is 0 Å². The highest BCUT2D eigenvalue weighted by Crippen LogP contribution is 2.39. The molecule has 0 fully saturated rings. The lowest BCUT2D eigenvalue weighted by Gasteiger charge is -2.26. The molecule has 0 atom stereocenters. The maximum Gasteiger partial charge on any atom is 0.250 e. The number of thiophene rings is 1. The summed E-state index contributed by atoms with van der Waals surface area (Å²) in [7, 11) is 0. The van der Waals surface area contributed by atoms with Gasteiger partial charge in [-0.15, -0.1) is 11.3 Å². The number of benzene rings is 5. The van der Waals surface area contributed by atoms with Gasteiger partial charge in [0, 0.05) is 20.2 Å². The average Bonchev–Trinajstić information content (AvgIpc) is 3.26. The number of hydrogen-bond donors (Lipinski definition) is 0. The maximum atomic E-state index is 6.24. The molecule has 1 aliphatic heterocycles. The summed E-state index contributed by atoms with van der Waals surface area (Å²) in [5.74, 6) is 1.89. The molecular formula is C30H19BOS. The van der Waals surface area contributed by atoms with E-state index in [4.69, 9.17) is 4.74 Å². The zero-order valence-electron chi connectivity index (χ0n) is 17.9. The molecule has 0 bridgehead atoms. The van der Waals surface area contributed by atoms with Gasteiger partial charge in [0.25, 0.3) is 6.71 Å². The van der Waals surface area contributed by atoms with Crippen LogP contribution in [0.3, 0.4) is 0 Å². The summed E-state index contributed by atoms with van der Waals surface area (Å²) >= 11 is 1.88. The third-order valence-corrected chi connectivity index (χ3v) is 7.84. The largest absolute Gasteiger partial charge is 0.458 e. The third-order valence-electron chi connectivity index (χ3n) is 6.62. The van der Waals surface area contributed by atoms with Crippen molar-refractivity contribution in [2.75, 3.05) is 0 Å². The van der Waals surface area contributed by atoms with Crippen LogP contribution >= 0.6 is 11.3 Å².